The van der Waals surface area contributed by atoms with Crippen molar-refractivity contribution in [2.75, 3.05) is 17.7 Å². The summed E-state index contributed by atoms with van der Waals surface area (Å²) in [5, 5.41) is 12.9. The molecule has 1 fully saturated rings. The zero-order chi connectivity index (χ0) is 13.1. The second kappa shape index (κ2) is 5.27. The van der Waals surface area contributed by atoms with Gasteiger partial charge in [0.2, 0.25) is 0 Å². The molecule has 0 spiro atoms. The molecule has 0 amide bonds. The Labute approximate surface area is 110 Å². The number of nitrogens with zero attached hydrogens (tertiary/aromatic N) is 1. The van der Waals surface area contributed by atoms with Crippen LogP contribution in [0.2, 0.25) is 0 Å². The number of hydrogen-bond acceptors (Lipinski definition) is 6. The molecule has 0 saturated heterocycles. The average molecular weight is 265 g/mol. The van der Waals surface area contributed by atoms with E-state index in [2.05, 4.69) is 5.32 Å². The second-order valence-corrected chi connectivity index (χ2v) is 5.17. The normalized spacial score (nSPS) is 14.7. The van der Waals surface area contributed by atoms with Crippen molar-refractivity contribution in [3.63, 3.8) is 0 Å². The molecule has 96 valence electrons. The number of nitrogens with one attached hydrogen (secondary N) is 1. The predicted molar refractivity (Wildman–Crippen MR) is 70.7 cm³/mol. The molecule has 1 aromatic heterocycles. The first kappa shape index (κ1) is 12.7. The van der Waals surface area contributed by atoms with Crippen molar-refractivity contribution >= 4 is 28.0 Å². The van der Waals surface area contributed by atoms with Crippen molar-refractivity contribution in [1.82, 2.24) is 0 Å². The molecule has 1 heterocycles. The van der Waals surface area contributed by atoms with Gasteiger partial charge in [0.25, 0.3) is 0 Å². The lowest BCUT2D eigenvalue weighted by Gasteiger charge is -2.27. The maximum atomic E-state index is 11.9. The topological polar surface area (TPSA) is 88.1 Å². The fourth-order valence-corrected chi connectivity index (χ4v) is 2.76. The van der Waals surface area contributed by atoms with Crippen LogP contribution in [0, 0.1) is 11.3 Å². The van der Waals surface area contributed by atoms with Crippen LogP contribution < -0.4 is 11.1 Å². The first-order valence-corrected chi connectivity index (χ1v) is 6.75. The Morgan fingerprint density at radius 1 is 1.67 bits per heavy atom. The Hall–Kier alpha value is -1.74. The van der Waals surface area contributed by atoms with Gasteiger partial charge in [-0.15, -0.1) is 11.3 Å². The van der Waals surface area contributed by atoms with E-state index in [4.69, 9.17) is 15.7 Å². The highest BCUT2D eigenvalue weighted by atomic mass is 32.1. The Bertz CT molecular complexity index is 500. The van der Waals surface area contributed by atoms with E-state index in [1.165, 1.54) is 17.8 Å². The SMILES string of the molecule is CCOC(=O)c1c(NC2CCC2)sc(C#N)c1N. The van der Waals surface area contributed by atoms with Crippen LogP contribution in [0.5, 0.6) is 0 Å². The number of anilines is 2. The number of ether oxygens (including phenoxy) is 1. The van der Waals surface area contributed by atoms with Crippen LogP contribution >= 0.6 is 11.3 Å². The van der Waals surface area contributed by atoms with Gasteiger partial charge in [0.15, 0.2) is 0 Å². The van der Waals surface area contributed by atoms with E-state index in [9.17, 15) is 4.79 Å². The molecule has 6 heteroatoms. The largest absolute Gasteiger partial charge is 0.462 e. The van der Waals surface area contributed by atoms with Crippen molar-refractivity contribution < 1.29 is 9.53 Å². The Morgan fingerprint density at radius 3 is 2.89 bits per heavy atom. The molecule has 0 unspecified atom stereocenters. The maximum Gasteiger partial charge on any atom is 0.343 e. The van der Waals surface area contributed by atoms with Gasteiger partial charge in [-0.05, 0) is 26.2 Å². The fourth-order valence-electron chi connectivity index (χ4n) is 1.77. The van der Waals surface area contributed by atoms with E-state index in [-0.39, 0.29) is 5.69 Å². The van der Waals surface area contributed by atoms with Crippen LogP contribution in [-0.4, -0.2) is 18.6 Å². The van der Waals surface area contributed by atoms with Gasteiger partial charge in [0.1, 0.15) is 21.5 Å². The highest BCUT2D eigenvalue weighted by Crippen LogP contribution is 2.37. The number of hydrogen-bond donors (Lipinski definition) is 2. The summed E-state index contributed by atoms with van der Waals surface area (Å²) in [5.41, 5.74) is 6.36. The maximum absolute atomic E-state index is 11.9. The first-order valence-electron chi connectivity index (χ1n) is 5.93. The standard InChI is InChI=1S/C12H15N3O2S/c1-2-17-12(16)9-10(14)8(6-13)18-11(9)15-7-4-3-5-7/h7,15H,2-5,14H2,1H3. The summed E-state index contributed by atoms with van der Waals surface area (Å²) >= 11 is 1.22. The van der Waals surface area contributed by atoms with Crippen LogP contribution in [0.3, 0.4) is 0 Å². The third kappa shape index (κ3) is 2.27. The highest BCUT2D eigenvalue weighted by Gasteiger charge is 2.26. The molecule has 3 N–H and O–H groups in total. The number of nitrogens with two attached hydrogens (primary N) is 1. The van der Waals surface area contributed by atoms with Crippen LogP contribution in [0.4, 0.5) is 10.7 Å². The lowest BCUT2D eigenvalue weighted by atomic mass is 9.93. The van der Waals surface area contributed by atoms with Crippen molar-refractivity contribution in [1.29, 1.82) is 5.26 Å². The molecule has 0 aromatic carbocycles. The lowest BCUT2D eigenvalue weighted by molar-refractivity contribution is 0.0529. The van der Waals surface area contributed by atoms with Crippen LogP contribution in [0.1, 0.15) is 41.4 Å². The van der Waals surface area contributed by atoms with E-state index >= 15 is 0 Å². The summed E-state index contributed by atoms with van der Waals surface area (Å²) < 4.78 is 4.98. The van der Waals surface area contributed by atoms with E-state index in [0.29, 0.717) is 28.1 Å². The van der Waals surface area contributed by atoms with E-state index in [1.807, 2.05) is 6.07 Å². The zero-order valence-corrected chi connectivity index (χ0v) is 11.0. The summed E-state index contributed by atoms with van der Waals surface area (Å²) in [5.74, 6) is -0.463. The molecule has 1 aromatic rings. The Kier molecular flexibility index (Phi) is 3.72. The summed E-state index contributed by atoms with van der Waals surface area (Å²) in [7, 11) is 0. The number of nitrogen functional groups attached to an aromatic ring is 1. The quantitative estimate of drug-likeness (QED) is 0.816. The lowest BCUT2D eigenvalue weighted by Crippen LogP contribution is -2.27. The molecule has 1 saturated carbocycles. The molecule has 0 atom stereocenters. The summed E-state index contributed by atoms with van der Waals surface area (Å²) in [4.78, 5) is 12.2. The number of thiophene rings is 1. The van der Waals surface area contributed by atoms with Crippen LogP contribution in [0.25, 0.3) is 0 Å². The summed E-state index contributed by atoms with van der Waals surface area (Å²) in [6.07, 6.45) is 3.36. The zero-order valence-electron chi connectivity index (χ0n) is 10.2. The van der Waals surface area contributed by atoms with Crippen LogP contribution in [0.15, 0.2) is 0 Å². The number of rotatable bonds is 4. The highest BCUT2D eigenvalue weighted by molar-refractivity contribution is 7.17. The molecule has 0 radical (unpaired) electrons. The molecular formula is C12H15N3O2S. The third-order valence-electron chi connectivity index (χ3n) is 2.97. The van der Waals surface area contributed by atoms with E-state index in [1.54, 1.807) is 6.92 Å². The van der Waals surface area contributed by atoms with Gasteiger partial charge < -0.3 is 15.8 Å². The van der Waals surface area contributed by atoms with Gasteiger partial charge in [-0.2, -0.15) is 5.26 Å². The van der Waals surface area contributed by atoms with Crippen molar-refractivity contribution in [2.45, 2.75) is 32.2 Å². The summed E-state index contributed by atoms with van der Waals surface area (Å²) in [6.45, 7) is 2.03. The third-order valence-corrected chi connectivity index (χ3v) is 4.01. The minimum Gasteiger partial charge on any atom is -0.462 e. The number of esters is 1. The van der Waals surface area contributed by atoms with Gasteiger partial charge >= 0.3 is 5.97 Å². The molecule has 2 rings (SSSR count). The van der Waals surface area contributed by atoms with Crippen molar-refractivity contribution in [3.05, 3.63) is 10.4 Å². The first-order chi connectivity index (χ1) is 8.67. The van der Waals surface area contributed by atoms with Crippen LogP contribution in [-0.2, 0) is 4.74 Å². The molecule has 0 aliphatic heterocycles. The van der Waals surface area contributed by atoms with Crippen molar-refractivity contribution in [2.24, 2.45) is 0 Å². The molecule has 1 aliphatic carbocycles. The van der Waals surface area contributed by atoms with Gasteiger partial charge in [-0.25, -0.2) is 4.79 Å². The van der Waals surface area contributed by atoms with E-state index in [0.717, 1.165) is 12.8 Å². The molecule has 1 aliphatic rings. The second-order valence-electron chi connectivity index (χ2n) is 4.15. The molecule has 0 bridgehead atoms. The fraction of sp³-hybridized carbons (Fsp3) is 0.500. The minimum atomic E-state index is -0.463. The smallest absolute Gasteiger partial charge is 0.343 e. The number of nitriles is 1. The Morgan fingerprint density at radius 2 is 2.39 bits per heavy atom. The molecular weight excluding hydrogens is 250 g/mol. The van der Waals surface area contributed by atoms with E-state index < -0.39 is 5.97 Å². The van der Waals surface area contributed by atoms with Gasteiger partial charge in [-0.3, -0.25) is 0 Å². The molecule has 5 nitrogen and oxygen atoms in total. The monoisotopic (exact) mass is 265 g/mol. The van der Waals surface area contributed by atoms with Crippen molar-refractivity contribution in [3.8, 4) is 6.07 Å². The minimum absolute atomic E-state index is 0.225. The predicted octanol–water partition coefficient (Wildman–Crippen LogP) is 2.34. The van der Waals surface area contributed by atoms with Gasteiger partial charge in [-0.1, -0.05) is 0 Å². The number of carbonyl (C=O) groups is 1. The number of carbonyl (C=O) groups excluding carboxylic acids is 1. The van der Waals surface area contributed by atoms with Gasteiger partial charge in [0, 0.05) is 6.04 Å². The summed E-state index contributed by atoms with van der Waals surface area (Å²) in [6, 6.07) is 2.39. The Balaban J connectivity index is 2.30. The van der Waals surface area contributed by atoms with Gasteiger partial charge in [0.05, 0.1) is 12.3 Å². The molecule has 18 heavy (non-hydrogen) atoms. The average Bonchev–Trinajstić information content (AvgIpc) is 2.60.